The lowest BCUT2D eigenvalue weighted by Gasteiger charge is -2.17. The summed E-state index contributed by atoms with van der Waals surface area (Å²) >= 11 is 0. The van der Waals surface area contributed by atoms with Gasteiger partial charge in [0.15, 0.2) is 6.29 Å². The van der Waals surface area contributed by atoms with Crippen LogP contribution in [-0.2, 0) is 9.47 Å². The summed E-state index contributed by atoms with van der Waals surface area (Å²) in [7, 11) is 0. The molecule has 0 saturated carbocycles. The summed E-state index contributed by atoms with van der Waals surface area (Å²) in [6.07, 6.45) is -2.47. The largest absolute Gasteiger partial charge is 0.387 e. The molecular formula is C5H8O4. The van der Waals surface area contributed by atoms with Crippen LogP contribution in [0.5, 0.6) is 0 Å². The first-order chi connectivity index (χ1) is 4.29. The average Bonchev–Trinajstić information content (AvgIpc) is 2.37. The van der Waals surface area contributed by atoms with Crippen molar-refractivity contribution in [3.63, 3.8) is 0 Å². The molecule has 2 rings (SSSR count). The zero-order valence-corrected chi connectivity index (χ0v) is 4.73. The van der Waals surface area contributed by atoms with Crippen LogP contribution in [0.2, 0.25) is 0 Å². The lowest BCUT2D eigenvalue weighted by atomic mass is 10.1. The fraction of sp³-hybridized carbons (Fsp3) is 1.00. The molecule has 52 valence electrons. The highest BCUT2D eigenvalue weighted by molar-refractivity contribution is 4.90. The smallest absolute Gasteiger partial charge is 0.186 e. The minimum Gasteiger partial charge on any atom is -0.387 e. The van der Waals surface area contributed by atoms with Gasteiger partial charge in [0.1, 0.15) is 18.3 Å². The van der Waals surface area contributed by atoms with Crippen LogP contribution in [0.4, 0.5) is 0 Å². The van der Waals surface area contributed by atoms with Crippen molar-refractivity contribution in [1.29, 1.82) is 0 Å². The summed E-state index contributed by atoms with van der Waals surface area (Å²) in [6.45, 7) is 0.406. The third-order valence-electron chi connectivity index (χ3n) is 1.74. The van der Waals surface area contributed by atoms with E-state index >= 15 is 0 Å². The van der Waals surface area contributed by atoms with E-state index in [4.69, 9.17) is 19.7 Å². The van der Waals surface area contributed by atoms with Crippen molar-refractivity contribution < 1.29 is 19.7 Å². The van der Waals surface area contributed by atoms with Crippen LogP contribution < -0.4 is 0 Å². The topological polar surface area (TPSA) is 58.9 Å². The maximum atomic E-state index is 9.03. The number of fused-ring (bicyclic) bond motifs is 2. The molecule has 2 bridgehead atoms. The first kappa shape index (κ1) is 5.61. The Labute approximate surface area is 52.0 Å². The van der Waals surface area contributed by atoms with Crippen LogP contribution in [0.25, 0.3) is 0 Å². The van der Waals surface area contributed by atoms with Crippen molar-refractivity contribution in [2.24, 2.45) is 0 Å². The number of hydrogen-bond donors (Lipinski definition) is 2. The van der Waals surface area contributed by atoms with Gasteiger partial charge in [-0.15, -0.1) is 0 Å². The molecule has 0 spiro atoms. The predicted octanol–water partition coefficient (Wildman–Crippen LogP) is -1.54. The molecule has 2 aliphatic rings. The molecule has 0 aromatic carbocycles. The number of hydrogen-bond acceptors (Lipinski definition) is 4. The third kappa shape index (κ3) is 0.616. The molecule has 2 heterocycles. The minimum atomic E-state index is -0.844. The SMILES string of the molecule is O[C@H]1[C@@H]2COC(O2)[C@@H]1O. The average molecular weight is 132 g/mol. The molecule has 2 N–H and O–H groups in total. The molecule has 4 heteroatoms. The zero-order valence-electron chi connectivity index (χ0n) is 4.73. The molecule has 0 aromatic rings. The van der Waals surface area contributed by atoms with Crippen LogP contribution in [0.3, 0.4) is 0 Å². The summed E-state index contributed by atoms with van der Waals surface area (Å²) in [6, 6.07) is 0. The molecule has 1 unspecified atom stereocenters. The van der Waals surface area contributed by atoms with Crippen molar-refractivity contribution in [1.82, 2.24) is 0 Å². The fourth-order valence-corrected chi connectivity index (χ4v) is 1.18. The van der Waals surface area contributed by atoms with E-state index in [1.54, 1.807) is 0 Å². The van der Waals surface area contributed by atoms with E-state index in [2.05, 4.69) is 0 Å². The van der Waals surface area contributed by atoms with Crippen LogP contribution >= 0.6 is 0 Å². The fourth-order valence-electron chi connectivity index (χ4n) is 1.18. The van der Waals surface area contributed by atoms with E-state index in [1.807, 2.05) is 0 Å². The Balaban J connectivity index is 2.15. The first-order valence-electron chi connectivity index (χ1n) is 2.92. The Hall–Kier alpha value is -0.160. The molecule has 9 heavy (non-hydrogen) atoms. The third-order valence-corrected chi connectivity index (χ3v) is 1.74. The minimum absolute atomic E-state index is 0.301. The van der Waals surface area contributed by atoms with Crippen LogP contribution in [-0.4, -0.2) is 41.4 Å². The Kier molecular flexibility index (Phi) is 1.04. The van der Waals surface area contributed by atoms with E-state index in [1.165, 1.54) is 0 Å². The van der Waals surface area contributed by atoms with Gasteiger partial charge in [0, 0.05) is 0 Å². The summed E-state index contributed by atoms with van der Waals surface area (Å²) in [5.74, 6) is 0. The van der Waals surface area contributed by atoms with Crippen LogP contribution in [0.15, 0.2) is 0 Å². The van der Waals surface area contributed by atoms with Gasteiger partial charge in [-0.05, 0) is 0 Å². The van der Waals surface area contributed by atoms with Gasteiger partial charge in [0.25, 0.3) is 0 Å². The molecular weight excluding hydrogens is 124 g/mol. The summed E-state index contributed by atoms with van der Waals surface area (Å²) in [4.78, 5) is 0. The number of rotatable bonds is 0. The highest BCUT2D eigenvalue weighted by Crippen LogP contribution is 2.28. The standard InChI is InChI=1S/C5H8O4/c6-3-2-1-8-5(9-2)4(3)7/h2-7H,1H2/t2-,3-,4+,5?/m0/s1. The van der Waals surface area contributed by atoms with Crippen molar-refractivity contribution in [3.05, 3.63) is 0 Å². The van der Waals surface area contributed by atoms with Gasteiger partial charge in [0.05, 0.1) is 6.61 Å². The van der Waals surface area contributed by atoms with E-state index in [0.29, 0.717) is 6.61 Å². The Morgan fingerprint density at radius 3 is 2.33 bits per heavy atom. The Bertz CT molecular complexity index is 108. The van der Waals surface area contributed by atoms with Crippen molar-refractivity contribution in [3.8, 4) is 0 Å². The van der Waals surface area contributed by atoms with Gasteiger partial charge < -0.3 is 19.7 Å². The molecule has 2 aliphatic heterocycles. The van der Waals surface area contributed by atoms with Gasteiger partial charge in [-0.2, -0.15) is 0 Å². The second-order valence-electron chi connectivity index (χ2n) is 2.36. The first-order valence-corrected chi connectivity index (χ1v) is 2.92. The summed E-state index contributed by atoms with van der Waals surface area (Å²) in [5.41, 5.74) is 0. The van der Waals surface area contributed by atoms with Crippen molar-refractivity contribution in [2.75, 3.05) is 6.61 Å². The molecule has 2 fully saturated rings. The van der Waals surface area contributed by atoms with Gasteiger partial charge >= 0.3 is 0 Å². The molecule has 2 saturated heterocycles. The van der Waals surface area contributed by atoms with E-state index in [-0.39, 0.29) is 6.10 Å². The maximum Gasteiger partial charge on any atom is 0.186 e. The normalized spacial score (nSPS) is 56.7. The van der Waals surface area contributed by atoms with Gasteiger partial charge in [-0.1, -0.05) is 0 Å². The van der Waals surface area contributed by atoms with Crippen LogP contribution in [0.1, 0.15) is 0 Å². The predicted molar refractivity (Wildman–Crippen MR) is 26.6 cm³/mol. The van der Waals surface area contributed by atoms with Crippen molar-refractivity contribution >= 4 is 0 Å². The molecule has 0 amide bonds. The highest BCUT2D eigenvalue weighted by Gasteiger charge is 2.48. The second-order valence-corrected chi connectivity index (χ2v) is 2.36. The molecule has 0 radical (unpaired) electrons. The Morgan fingerprint density at radius 2 is 2.00 bits per heavy atom. The van der Waals surface area contributed by atoms with E-state index < -0.39 is 18.5 Å². The molecule has 4 nitrogen and oxygen atoms in total. The lowest BCUT2D eigenvalue weighted by molar-refractivity contribution is -0.111. The maximum absolute atomic E-state index is 9.03. The molecule has 0 aromatic heterocycles. The van der Waals surface area contributed by atoms with Gasteiger partial charge in [0.2, 0.25) is 0 Å². The van der Waals surface area contributed by atoms with E-state index in [0.717, 1.165) is 0 Å². The van der Waals surface area contributed by atoms with Crippen molar-refractivity contribution in [2.45, 2.75) is 24.6 Å². The van der Waals surface area contributed by atoms with E-state index in [9.17, 15) is 0 Å². The second kappa shape index (κ2) is 1.67. The summed E-state index contributed by atoms with van der Waals surface area (Å²) < 4.78 is 9.88. The quantitative estimate of drug-likeness (QED) is 0.419. The Morgan fingerprint density at radius 1 is 1.22 bits per heavy atom. The number of aliphatic hydroxyl groups is 2. The number of aliphatic hydroxyl groups excluding tert-OH is 2. The summed E-state index contributed by atoms with van der Waals surface area (Å²) in [5, 5.41) is 18.0. The highest BCUT2D eigenvalue weighted by atomic mass is 16.7. The van der Waals surface area contributed by atoms with Gasteiger partial charge in [-0.25, -0.2) is 0 Å². The molecule has 0 aliphatic carbocycles. The lowest BCUT2D eigenvalue weighted by Crippen LogP contribution is -2.39. The zero-order chi connectivity index (χ0) is 6.43. The van der Waals surface area contributed by atoms with Gasteiger partial charge in [-0.3, -0.25) is 0 Å². The molecule has 4 atom stereocenters. The van der Waals surface area contributed by atoms with Crippen LogP contribution in [0, 0.1) is 0 Å². The number of ether oxygens (including phenoxy) is 2. The monoisotopic (exact) mass is 132 g/mol.